The van der Waals surface area contributed by atoms with Gasteiger partial charge in [-0.25, -0.2) is 9.78 Å². The van der Waals surface area contributed by atoms with Gasteiger partial charge in [-0.15, -0.1) is 0 Å². The second-order valence-corrected chi connectivity index (χ2v) is 12.8. The lowest BCUT2D eigenvalue weighted by Crippen LogP contribution is -2.60. The largest absolute Gasteiger partial charge is 0.480 e. The second kappa shape index (κ2) is 15.8. The lowest BCUT2D eigenvalue weighted by Gasteiger charge is -2.32. The number of nitrogens with two attached hydrogens (primary N) is 1. The molecule has 7 N–H and O–H groups in total. The van der Waals surface area contributed by atoms with Gasteiger partial charge in [0.05, 0.1) is 12.4 Å². The van der Waals surface area contributed by atoms with Crippen molar-refractivity contribution in [1.82, 2.24) is 35.7 Å². The molecule has 1 aromatic rings. The van der Waals surface area contributed by atoms with E-state index in [1.165, 1.54) is 29.2 Å². The van der Waals surface area contributed by atoms with Crippen LogP contribution in [-0.2, 0) is 35.2 Å². The van der Waals surface area contributed by atoms with Gasteiger partial charge in [0.25, 0.3) is 0 Å². The molecule has 0 spiro atoms. The molecule has 0 aromatic carbocycles. The van der Waals surface area contributed by atoms with Crippen molar-refractivity contribution in [3.63, 3.8) is 0 Å². The molecule has 2 aliphatic rings. The van der Waals surface area contributed by atoms with Crippen LogP contribution in [0.25, 0.3) is 0 Å². The number of aromatic nitrogens is 2. The first-order valence-electron chi connectivity index (χ1n) is 15.7. The minimum Gasteiger partial charge on any atom is -0.480 e. The van der Waals surface area contributed by atoms with Crippen molar-refractivity contribution < 1.29 is 33.9 Å². The maximum Gasteiger partial charge on any atom is 0.326 e. The van der Waals surface area contributed by atoms with Crippen LogP contribution in [0.5, 0.6) is 0 Å². The fourth-order valence-electron chi connectivity index (χ4n) is 5.83. The first-order chi connectivity index (χ1) is 21.2. The van der Waals surface area contributed by atoms with Crippen LogP contribution in [0.3, 0.4) is 0 Å². The zero-order valence-electron chi connectivity index (χ0n) is 26.7. The number of likely N-dealkylation sites (tertiary alicyclic amines) is 2. The van der Waals surface area contributed by atoms with Gasteiger partial charge in [-0.2, -0.15) is 0 Å². The predicted molar refractivity (Wildman–Crippen MR) is 163 cm³/mol. The van der Waals surface area contributed by atoms with Crippen LogP contribution < -0.4 is 21.7 Å². The predicted octanol–water partition coefficient (Wildman–Crippen LogP) is -0.477. The van der Waals surface area contributed by atoms with Crippen molar-refractivity contribution >= 4 is 35.5 Å². The quantitative estimate of drug-likeness (QED) is 0.156. The van der Waals surface area contributed by atoms with Gasteiger partial charge in [-0.1, -0.05) is 27.7 Å². The van der Waals surface area contributed by atoms with Gasteiger partial charge in [0, 0.05) is 31.4 Å². The van der Waals surface area contributed by atoms with Gasteiger partial charge < -0.3 is 41.6 Å². The molecule has 2 fully saturated rings. The molecule has 0 radical (unpaired) electrons. The highest BCUT2D eigenvalue weighted by molar-refractivity contribution is 5.96. The van der Waals surface area contributed by atoms with E-state index in [2.05, 4.69) is 25.9 Å². The van der Waals surface area contributed by atoms with E-state index in [-0.39, 0.29) is 24.8 Å². The van der Waals surface area contributed by atoms with Crippen LogP contribution in [0.1, 0.15) is 72.4 Å². The third kappa shape index (κ3) is 9.25. The lowest BCUT2D eigenvalue weighted by molar-refractivity contribution is -0.150. The van der Waals surface area contributed by atoms with Gasteiger partial charge in [0.15, 0.2) is 0 Å². The Balaban J connectivity index is 1.79. The van der Waals surface area contributed by atoms with E-state index >= 15 is 0 Å². The highest BCUT2D eigenvalue weighted by Crippen LogP contribution is 2.22. The van der Waals surface area contributed by atoms with Crippen LogP contribution in [-0.4, -0.2) is 110 Å². The van der Waals surface area contributed by atoms with Crippen LogP contribution in [0.15, 0.2) is 12.5 Å². The third-order valence-electron chi connectivity index (χ3n) is 8.24. The first kappa shape index (κ1) is 35.5. The molecule has 0 aliphatic carbocycles. The fourth-order valence-corrected chi connectivity index (χ4v) is 5.83. The van der Waals surface area contributed by atoms with Gasteiger partial charge in [-0.05, 0) is 50.9 Å². The van der Waals surface area contributed by atoms with E-state index < -0.39 is 71.8 Å². The molecule has 6 atom stereocenters. The highest BCUT2D eigenvalue weighted by Gasteiger charge is 2.41. The Morgan fingerprint density at radius 3 is 2.07 bits per heavy atom. The molecule has 45 heavy (non-hydrogen) atoms. The van der Waals surface area contributed by atoms with E-state index in [4.69, 9.17) is 5.73 Å². The molecule has 15 nitrogen and oxygen atoms in total. The Bertz CT molecular complexity index is 1220. The number of H-pyrrole nitrogens is 1. The Morgan fingerprint density at radius 1 is 0.911 bits per heavy atom. The summed E-state index contributed by atoms with van der Waals surface area (Å²) in [4.78, 5) is 88.2. The summed E-state index contributed by atoms with van der Waals surface area (Å²) >= 11 is 0. The molecule has 2 saturated heterocycles. The topological polar surface area (TPSA) is 220 Å². The van der Waals surface area contributed by atoms with Crippen LogP contribution >= 0.6 is 0 Å². The SMILES string of the molecule is CC(C)C[C@H](NC(=O)[C@H](C)N)C(=O)N1CCC[C@H]1C(=O)N[C@@H](Cc1cnc[nH]1)C(=O)N[C@H](C(=O)N1CCC[C@H]1C(=O)O)C(C)C. The lowest BCUT2D eigenvalue weighted by atomic mass is 10.0. The van der Waals surface area contributed by atoms with Crippen LogP contribution in [0.2, 0.25) is 0 Å². The Labute approximate surface area is 263 Å². The Morgan fingerprint density at radius 2 is 1.53 bits per heavy atom. The average Bonchev–Trinajstić information content (AvgIpc) is 3.75. The smallest absolute Gasteiger partial charge is 0.326 e. The zero-order valence-corrected chi connectivity index (χ0v) is 26.7. The molecule has 2 aliphatic heterocycles. The van der Waals surface area contributed by atoms with Crippen molar-refractivity contribution in [3.05, 3.63) is 18.2 Å². The minimum absolute atomic E-state index is 0.0269. The molecule has 5 amide bonds. The molecule has 0 saturated carbocycles. The number of nitrogens with one attached hydrogen (secondary N) is 4. The van der Waals surface area contributed by atoms with E-state index in [0.29, 0.717) is 44.3 Å². The minimum atomic E-state index is -1.14. The molecular formula is C30H48N8O7. The molecule has 0 unspecified atom stereocenters. The average molecular weight is 633 g/mol. The molecular weight excluding hydrogens is 584 g/mol. The Kier molecular flexibility index (Phi) is 12.5. The molecule has 3 heterocycles. The summed E-state index contributed by atoms with van der Waals surface area (Å²) in [6.07, 6.45) is 5.14. The second-order valence-electron chi connectivity index (χ2n) is 12.8. The van der Waals surface area contributed by atoms with Gasteiger partial charge >= 0.3 is 5.97 Å². The van der Waals surface area contributed by atoms with Gasteiger partial charge in [-0.3, -0.25) is 24.0 Å². The molecule has 1 aromatic heterocycles. The summed E-state index contributed by atoms with van der Waals surface area (Å²) in [6, 6.07) is -5.66. The fraction of sp³-hybridized carbons (Fsp3) is 0.700. The summed E-state index contributed by atoms with van der Waals surface area (Å²) in [5.74, 6) is -3.92. The highest BCUT2D eigenvalue weighted by atomic mass is 16.4. The number of carboxylic acid groups (broad SMARTS) is 1. The van der Waals surface area contributed by atoms with Crippen molar-refractivity contribution in [2.45, 2.75) is 109 Å². The number of rotatable bonds is 14. The van der Waals surface area contributed by atoms with E-state index in [1.807, 2.05) is 13.8 Å². The number of aliphatic carboxylic acids is 1. The molecule has 15 heteroatoms. The van der Waals surface area contributed by atoms with Gasteiger partial charge in [0.1, 0.15) is 30.2 Å². The summed E-state index contributed by atoms with van der Waals surface area (Å²) in [5.41, 5.74) is 6.27. The maximum absolute atomic E-state index is 13.7. The number of carboxylic acids is 1. The van der Waals surface area contributed by atoms with Crippen LogP contribution in [0, 0.1) is 11.8 Å². The zero-order chi connectivity index (χ0) is 33.4. The van der Waals surface area contributed by atoms with Crippen LogP contribution in [0.4, 0.5) is 0 Å². The van der Waals surface area contributed by atoms with Crippen molar-refractivity contribution in [2.75, 3.05) is 13.1 Å². The summed E-state index contributed by atoms with van der Waals surface area (Å²) in [6.45, 7) is 9.45. The standard InChI is InChI=1S/C30H48N8O7/c1-16(2)12-21(35-25(39)18(5)31)28(42)37-10-6-8-22(37)27(41)34-20(13-19-14-32-15-33-19)26(40)36-24(17(3)4)29(43)38-11-7-9-23(38)30(44)45/h14-18,20-24H,6-13,31H2,1-5H3,(H,32,33)(H,34,41)(H,35,39)(H,36,40)(H,44,45)/t18-,20-,21-,22-,23-,24-/m0/s1. The summed E-state index contributed by atoms with van der Waals surface area (Å²) in [5, 5.41) is 17.8. The number of nitrogens with zero attached hydrogens (tertiary/aromatic N) is 3. The number of hydrogen-bond donors (Lipinski definition) is 6. The van der Waals surface area contributed by atoms with Crippen molar-refractivity contribution in [2.24, 2.45) is 17.6 Å². The molecule has 250 valence electrons. The number of amides is 5. The first-order valence-corrected chi connectivity index (χ1v) is 15.7. The molecule has 3 rings (SSSR count). The number of imidazole rings is 1. The third-order valence-corrected chi connectivity index (χ3v) is 8.24. The number of carbonyl (C=O) groups excluding carboxylic acids is 5. The van der Waals surface area contributed by atoms with E-state index in [0.717, 1.165) is 0 Å². The summed E-state index contributed by atoms with van der Waals surface area (Å²) < 4.78 is 0. The maximum atomic E-state index is 13.7. The Hall–Kier alpha value is -4.01. The monoisotopic (exact) mass is 632 g/mol. The van der Waals surface area contributed by atoms with Crippen molar-refractivity contribution in [1.29, 1.82) is 0 Å². The number of carbonyl (C=O) groups is 6. The summed E-state index contributed by atoms with van der Waals surface area (Å²) in [7, 11) is 0. The number of hydrogen-bond acceptors (Lipinski definition) is 8. The molecule has 0 bridgehead atoms. The van der Waals surface area contributed by atoms with E-state index in [1.54, 1.807) is 13.8 Å². The number of aromatic amines is 1. The van der Waals surface area contributed by atoms with Crippen molar-refractivity contribution in [3.8, 4) is 0 Å². The van der Waals surface area contributed by atoms with E-state index in [9.17, 15) is 33.9 Å². The van der Waals surface area contributed by atoms with Gasteiger partial charge in [0.2, 0.25) is 29.5 Å². The normalized spacial score (nSPS) is 20.9.